The second-order valence-electron chi connectivity index (χ2n) is 7.42. The average Bonchev–Trinajstić information content (AvgIpc) is 2.68. The second-order valence-corrected chi connectivity index (χ2v) is 7.42. The van der Waals surface area contributed by atoms with Crippen LogP contribution in [0.25, 0.3) is 0 Å². The number of aromatic nitrogens is 2. The molecule has 0 radical (unpaired) electrons. The molecular formula is C21H29N5O2. The summed E-state index contributed by atoms with van der Waals surface area (Å²) in [5, 5.41) is 2.99. The van der Waals surface area contributed by atoms with Crippen molar-refractivity contribution in [1.29, 1.82) is 0 Å². The Kier molecular flexibility index (Phi) is 6.46. The first-order valence-electron chi connectivity index (χ1n) is 9.70. The van der Waals surface area contributed by atoms with Gasteiger partial charge in [0.15, 0.2) is 0 Å². The predicted octanol–water partition coefficient (Wildman–Crippen LogP) is 3.41. The number of amides is 2. The zero-order valence-electron chi connectivity index (χ0n) is 17.1. The van der Waals surface area contributed by atoms with E-state index in [1.165, 1.54) is 0 Å². The fourth-order valence-electron chi connectivity index (χ4n) is 3.24. The average molecular weight is 383 g/mol. The van der Waals surface area contributed by atoms with Gasteiger partial charge in [-0.25, -0.2) is 14.8 Å². The lowest BCUT2D eigenvalue weighted by Crippen LogP contribution is -2.50. The summed E-state index contributed by atoms with van der Waals surface area (Å²) < 4.78 is 5.15. The maximum Gasteiger partial charge on any atom is 0.321 e. The maximum atomic E-state index is 12.6. The highest BCUT2D eigenvalue weighted by Crippen LogP contribution is 2.19. The number of piperazine rings is 1. The number of nitrogens with zero attached hydrogens (tertiary/aromatic N) is 4. The number of methoxy groups -OCH3 is 1. The molecule has 0 saturated carbocycles. The lowest BCUT2D eigenvalue weighted by molar-refractivity contribution is 0.185. The molecule has 1 aliphatic rings. The van der Waals surface area contributed by atoms with Gasteiger partial charge < -0.3 is 19.9 Å². The van der Waals surface area contributed by atoms with E-state index >= 15 is 0 Å². The molecule has 3 rings (SSSR count). The standard InChI is InChI=1S/C21H29N5O2/c1-15(2)20-22-16(3)12-19(24-20)25-8-10-26(11-9-25)21(27)23-18-7-5-6-17(13-18)14-28-4/h5-7,12-13,15H,8-11,14H2,1-4H3,(H,23,27). The summed E-state index contributed by atoms with van der Waals surface area (Å²) in [5.41, 5.74) is 2.80. The Balaban J connectivity index is 1.59. The number of anilines is 2. The molecule has 0 unspecified atom stereocenters. The smallest absolute Gasteiger partial charge is 0.321 e. The number of ether oxygens (including phenoxy) is 1. The molecule has 0 spiro atoms. The number of nitrogens with one attached hydrogen (secondary N) is 1. The van der Waals surface area contributed by atoms with Gasteiger partial charge in [0.1, 0.15) is 11.6 Å². The van der Waals surface area contributed by atoms with E-state index in [-0.39, 0.29) is 6.03 Å². The highest BCUT2D eigenvalue weighted by molar-refractivity contribution is 5.89. The zero-order valence-corrected chi connectivity index (χ0v) is 17.1. The fourth-order valence-corrected chi connectivity index (χ4v) is 3.24. The summed E-state index contributed by atoms with van der Waals surface area (Å²) in [5.74, 6) is 2.11. The van der Waals surface area contributed by atoms with Crippen LogP contribution in [0.2, 0.25) is 0 Å². The first kappa shape index (κ1) is 20.1. The van der Waals surface area contributed by atoms with Crippen LogP contribution in [0.15, 0.2) is 30.3 Å². The van der Waals surface area contributed by atoms with Crippen molar-refractivity contribution < 1.29 is 9.53 Å². The summed E-state index contributed by atoms with van der Waals surface area (Å²) >= 11 is 0. The molecule has 1 N–H and O–H groups in total. The molecule has 2 aromatic rings. The van der Waals surface area contributed by atoms with E-state index in [9.17, 15) is 4.79 Å². The summed E-state index contributed by atoms with van der Waals surface area (Å²) in [6, 6.07) is 9.68. The molecule has 1 fully saturated rings. The van der Waals surface area contributed by atoms with Crippen molar-refractivity contribution in [3.63, 3.8) is 0 Å². The lowest BCUT2D eigenvalue weighted by Gasteiger charge is -2.35. The minimum atomic E-state index is -0.0732. The number of benzene rings is 1. The van der Waals surface area contributed by atoms with Crippen molar-refractivity contribution in [2.75, 3.05) is 43.5 Å². The highest BCUT2D eigenvalue weighted by atomic mass is 16.5. The molecule has 2 heterocycles. The first-order chi connectivity index (χ1) is 13.5. The van der Waals surface area contributed by atoms with Gasteiger partial charge in [0, 0.05) is 56.7 Å². The number of hydrogen-bond acceptors (Lipinski definition) is 5. The summed E-state index contributed by atoms with van der Waals surface area (Å²) in [7, 11) is 1.66. The molecule has 150 valence electrons. The minimum Gasteiger partial charge on any atom is -0.380 e. The van der Waals surface area contributed by atoms with E-state index in [0.29, 0.717) is 25.6 Å². The van der Waals surface area contributed by atoms with Crippen molar-refractivity contribution in [1.82, 2.24) is 14.9 Å². The Morgan fingerprint density at radius 2 is 1.93 bits per heavy atom. The van der Waals surface area contributed by atoms with Gasteiger partial charge in [0.05, 0.1) is 6.61 Å². The molecule has 7 heteroatoms. The number of hydrogen-bond donors (Lipinski definition) is 1. The van der Waals surface area contributed by atoms with E-state index in [1.807, 2.05) is 42.2 Å². The molecule has 1 aromatic heterocycles. The van der Waals surface area contributed by atoms with Gasteiger partial charge in [0.2, 0.25) is 0 Å². The Labute approximate surface area is 166 Å². The zero-order chi connectivity index (χ0) is 20.1. The van der Waals surface area contributed by atoms with Gasteiger partial charge in [-0.2, -0.15) is 0 Å². The SMILES string of the molecule is COCc1cccc(NC(=O)N2CCN(c3cc(C)nc(C(C)C)n3)CC2)c1. The Morgan fingerprint density at radius 3 is 2.61 bits per heavy atom. The quantitative estimate of drug-likeness (QED) is 0.857. The van der Waals surface area contributed by atoms with Gasteiger partial charge in [-0.15, -0.1) is 0 Å². The van der Waals surface area contributed by atoms with Crippen LogP contribution in [0.5, 0.6) is 0 Å². The molecule has 1 aliphatic heterocycles. The molecule has 0 aliphatic carbocycles. The van der Waals surface area contributed by atoms with Crippen LogP contribution in [-0.2, 0) is 11.3 Å². The molecule has 7 nitrogen and oxygen atoms in total. The van der Waals surface area contributed by atoms with Gasteiger partial charge >= 0.3 is 6.03 Å². The van der Waals surface area contributed by atoms with E-state index in [2.05, 4.69) is 29.0 Å². The van der Waals surface area contributed by atoms with Crippen molar-refractivity contribution >= 4 is 17.5 Å². The third kappa shape index (κ3) is 4.98. The van der Waals surface area contributed by atoms with Crippen LogP contribution >= 0.6 is 0 Å². The highest BCUT2D eigenvalue weighted by Gasteiger charge is 2.23. The van der Waals surface area contributed by atoms with Crippen LogP contribution in [0.4, 0.5) is 16.3 Å². The number of rotatable bonds is 5. The number of urea groups is 1. The van der Waals surface area contributed by atoms with Crippen molar-refractivity contribution in [3.8, 4) is 0 Å². The van der Waals surface area contributed by atoms with E-state index in [1.54, 1.807) is 7.11 Å². The monoisotopic (exact) mass is 383 g/mol. The molecule has 28 heavy (non-hydrogen) atoms. The summed E-state index contributed by atoms with van der Waals surface area (Å²) in [6.45, 7) is 9.55. The predicted molar refractivity (Wildman–Crippen MR) is 111 cm³/mol. The number of carbonyl (C=O) groups excluding carboxylic acids is 1. The molecule has 2 amide bonds. The third-order valence-electron chi connectivity index (χ3n) is 4.75. The molecule has 1 aromatic carbocycles. The van der Waals surface area contributed by atoms with Crippen molar-refractivity contribution in [2.24, 2.45) is 0 Å². The fraction of sp³-hybridized carbons (Fsp3) is 0.476. The van der Waals surface area contributed by atoms with Crippen molar-refractivity contribution in [2.45, 2.75) is 33.3 Å². The second kappa shape index (κ2) is 9.01. The Bertz CT molecular complexity index is 816. The summed E-state index contributed by atoms with van der Waals surface area (Å²) in [6.07, 6.45) is 0. The van der Waals surface area contributed by atoms with Gasteiger partial charge in [-0.05, 0) is 24.6 Å². The Hall–Kier alpha value is -2.67. The van der Waals surface area contributed by atoms with E-state index in [0.717, 1.165) is 41.7 Å². The van der Waals surface area contributed by atoms with Crippen LogP contribution in [0.3, 0.4) is 0 Å². The van der Waals surface area contributed by atoms with E-state index < -0.39 is 0 Å². The third-order valence-corrected chi connectivity index (χ3v) is 4.75. The maximum absolute atomic E-state index is 12.6. The van der Waals surface area contributed by atoms with Gasteiger partial charge in [0.25, 0.3) is 0 Å². The van der Waals surface area contributed by atoms with Crippen LogP contribution in [-0.4, -0.2) is 54.2 Å². The lowest BCUT2D eigenvalue weighted by atomic mass is 10.2. The summed E-state index contributed by atoms with van der Waals surface area (Å²) in [4.78, 5) is 25.9. The number of aryl methyl sites for hydroxylation is 1. The minimum absolute atomic E-state index is 0.0732. The molecule has 1 saturated heterocycles. The Morgan fingerprint density at radius 1 is 1.18 bits per heavy atom. The van der Waals surface area contributed by atoms with E-state index in [4.69, 9.17) is 9.72 Å². The van der Waals surface area contributed by atoms with Crippen LogP contribution in [0.1, 0.15) is 36.8 Å². The van der Waals surface area contributed by atoms with Crippen LogP contribution < -0.4 is 10.2 Å². The number of carbonyl (C=O) groups is 1. The molecule has 0 bridgehead atoms. The molecule has 0 atom stereocenters. The normalized spacial score (nSPS) is 14.5. The van der Waals surface area contributed by atoms with Crippen LogP contribution in [0, 0.1) is 6.92 Å². The van der Waals surface area contributed by atoms with Gasteiger partial charge in [-0.1, -0.05) is 26.0 Å². The topological polar surface area (TPSA) is 70.6 Å². The molecular weight excluding hydrogens is 354 g/mol. The van der Waals surface area contributed by atoms with Gasteiger partial charge in [-0.3, -0.25) is 0 Å². The van der Waals surface area contributed by atoms with Crippen molar-refractivity contribution in [3.05, 3.63) is 47.4 Å². The largest absolute Gasteiger partial charge is 0.380 e. The first-order valence-corrected chi connectivity index (χ1v) is 9.70.